The van der Waals surface area contributed by atoms with Gasteiger partial charge in [0.05, 0.1) is 5.54 Å². The molecule has 158 valence electrons. The summed E-state index contributed by atoms with van der Waals surface area (Å²) in [5.41, 5.74) is 3.55. The molecule has 1 unspecified atom stereocenters. The van der Waals surface area contributed by atoms with Crippen LogP contribution in [0.4, 0.5) is 5.13 Å². The van der Waals surface area contributed by atoms with Gasteiger partial charge in [0.2, 0.25) is 5.76 Å². The summed E-state index contributed by atoms with van der Waals surface area (Å²) >= 11 is 0.958. The number of aromatic nitrogens is 1. The van der Waals surface area contributed by atoms with Gasteiger partial charge in [0, 0.05) is 5.38 Å². The first-order valence-electron chi connectivity index (χ1n) is 7.44. The molecular formula is C13H15N5O9S2. The molecule has 1 saturated heterocycles. The van der Waals surface area contributed by atoms with Crippen LogP contribution in [0.5, 0.6) is 0 Å². The number of aliphatic carboxylic acids is 1. The Morgan fingerprint density at radius 2 is 2.10 bits per heavy atom. The summed E-state index contributed by atoms with van der Waals surface area (Å²) in [5, 5.41) is 16.2. The lowest BCUT2D eigenvalue weighted by atomic mass is 9.84. The van der Waals surface area contributed by atoms with Crippen molar-refractivity contribution in [3.63, 3.8) is 0 Å². The molecule has 2 heterocycles. The third kappa shape index (κ3) is 4.86. The normalized spacial score (nSPS) is 18.7. The van der Waals surface area contributed by atoms with Crippen LogP contribution in [0.25, 0.3) is 0 Å². The Morgan fingerprint density at radius 3 is 2.55 bits per heavy atom. The summed E-state index contributed by atoms with van der Waals surface area (Å²) in [7, 11) is -4.96. The van der Waals surface area contributed by atoms with Crippen LogP contribution in [-0.4, -0.2) is 63.2 Å². The van der Waals surface area contributed by atoms with Crippen molar-refractivity contribution in [2.24, 2.45) is 5.16 Å². The first-order valence-corrected chi connectivity index (χ1v) is 9.69. The summed E-state index contributed by atoms with van der Waals surface area (Å²) in [6.07, 6.45) is 0. The van der Waals surface area contributed by atoms with Crippen LogP contribution in [0.1, 0.15) is 19.5 Å². The molecule has 29 heavy (non-hydrogen) atoms. The molecule has 1 fully saturated rings. The van der Waals surface area contributed by atoms with E-state index < -0.39 is 51.2 Å². The molecule has 1 aliphatic heterocycles. The van der Waals surface area contributed by atoms with E-state index in [0.29, 0.717) is 5.06 Å². The van der Waals surface area contributed by atoms with Crippen LogP contribution in [0.15, 0.2) is 22.9 Å². The number of carboxylic acids is 1. The first kappa shape index (κ1) is 22.2. The predicted octanol–water partition coefficient (Wildman–Crippen LogP) is -1.12. The number of amides is 2. The average molecular weight is 449 g/mol. The second-order valence-electron chi connectivity index (χ2n) is 6.03. The minimum atomic E-state index is -4.96. The highest BCUT2D eigenvalue weighted by molar-refractivity contribution is 7.80. The molecule has 2 rings (SSSR count). The van der Waals surface area contributed by atoms with Gasteiger partial charge >= 0.3 is 16.4 Å². The summed E-state index contributed by atoms with van der Waals surface area (Å²) in [6, 6.07) is -1.28. The minimum absolute atomic E-state index is 0.0705. The summed E-state index contributed by atoms with van der Waals surface area (Å²) in [4.78, 5) is 43.9. The lowest BCUT2D eigenvalue weighted by Gasteiger charge is -2.50. The number of thiazole rings is 1. The topological polar surface area (TPSA) is 211 Å². The molecule has 1 aromatic rings. The molecular weight excluding hydrogens is 434 g/mol. The third-order valence-corrected chi connectivity index (χ3v) is 4.60. The van der Waals surface area contributed by atoms with E-state index in [-0.39, 0.29) is 10.8 Å². The predicted molar refractivity (Wildman–Crippen MR) is 96.4 cm³/mol. The third-order valence-electron chi connectivity index (χ3n) is 3.59. The Balaban J connectivity index is 2.24. The molecule has 1 atom stereocenters. The molecule has 0 spiro atoms. The zero-order chi connectivity index (χ0) is 22.1. The number of carbonyl (C=O) groups is 3. The van der Waals surface area contributed by atoms with Crippen molar-refractivity contribution in [1.29, 1.82) is 0 Å². The van der Waals surface area contributed by atoms with Crippen LogP contribution in [0.3, 0.4) is 0 Å². The van der Waals surface area contributed by atoms with E-state index in [1.54, 1.807) is 0 Å². The van der Waals surface area contributed by atoms with Gasteiger partial charge in [-0.3, -0.25) is 14.1 Å². The zero-order valence-electron chi connectivity index (χ0n) is 14.8. The maximum absolute atomic E-state index is 12.6. The van der Waals surface area contributed by atoms with Crippen molar-refractivity contribution in [2.75, 3.05) is 5.73 Å². The molecule has 2 amide bonds. The highest BCUT2D eigenvalue weighted by atomic mass is 32.3. The highest BCUT2D eigenvalue weighted by Gasteiger charge is 2.58. The van der Waals surface area contributed by atoms with Gasteiger partial charge in [0.25, 0.3) is 11.8 Å². The van der Waals surface area contributed by atoms with Gasteiger partial charge in [-0.15, -0.1) is 15.6 Å². The number of carbonyl (C=O) groups excluding carboxylic acids is 2. The standard InChI is InChI=1S/C13H15N5O9S2/c1-5(11(21)22)26-17-7(6-4-28-12(14)15-6)9(19)16-8-10(20)18(13(8,2)3)27-29(23,24)25/h4,8H,1H2,2-3H3,(H2,14,15)(H,16,19)(H,21,22)(H,23,24,25). The molecule has 0 aromatic carbocycles. The summed E-state index contributed by atoms with van der Waals surface area (Å²) in [6.45, 7) is 5.80. The molecule has 0 bridgehead atoms. The Labute approximate surface area is 167 Å². The number of nitrogens with one attached hydrogen (secondary N) is 1. The summed E-state index contributed by atoms with van der Waals surface area (Å²) < 4.78 is 34.6. The molecule has 5 N–H and O–H groups in total. The fourth-order valence-electron chi connectivity index (χ4n) is 2.16. The van der Waals surface area contributed by atoms with Crippen molar-refractivity contribution >= 4 is 50.4 Å². The van der Waals surface area contributed by atoms with E-state index in [0.717, 1.165) is 11.3 Å². The Hall–Kier alpha value is -3.08. The second-order valence-corrected chi connectivity index (χ2v) is 7.92. The summed E-state index contributed by atoms with van der Waals surface area (Å²) in [5.74, 6) is -4.30. The molecule has 14 nitrogen and oxygen atoms in total. The highest BCUT2D eigenvalue weighted by Crippen LogP contribution is 2.32. The molecule has 0 saturated carbocycles. The number of hydrogen-bond acceptors (Lipinski definition) is 11. The number of rotatable bonds is 8. The maximum Gasteiger partial charge on any atom is 0.418 e. The van der Waals surface area contributed by atoms with E-state index in [9.17, 15) is 22.8 Å². The number of hydrogen-bond donors (Lipinski definition) is 4. The van der Waals surface area contributed by atoms with E-state index >= 15 is 0 Å². The number of anilines is 1. The van der Waals surface area contributed by atoms with Crippen LogP contribution in [-0.2, 0) is 33.9 Å². The van der Waals surface area contributed by atoms with Gasteiger partial charge in [0.1, 0.15) is 11.7 Å². The van der Waals surface area contributed by atoms with Gasteiger partial charge in [-0.25, -0.2) is 9.78 Å². The number of hydroxylamine groups is 2. The van der Waals surface area contributed by atoms with Crippen molar-refractivity contribution in [1.82, 2.24) is 15.4 Å². The van der Waals surface area contributed by atoms with Gasteiger partial charge < -0.3 is 21.0 Å². The number of β-lactam (4-membered cyclic amide) rings is 1. The van der Waals surface area contributed by atoms with Crippen LogP contribution >= 0.6 is 11.3 Å². The van der Waals surface area contributed by atoms with E-state index in [2.05, 4.69) is 31.2 Å². The zero-order valence-corrected chi connectivity index (χ0v) is 16.5. The van der Waals surface area contributed by atoms with Gasteiger partial charge in [-0.1, -0.05) is 5.16 Å². The van der Waals surface area contributed by atoms with Crippen molar-refractivity contribution in [3.8, 4) is 0 Å². The maximum atomic E-state index is 12.6. The fraction of sp³-hybridized carbons (Fsp3) is 0.308. The van der Waals surface area contributed by atoms with E-state index in [1.165, 1.54) is 19.2 Å². The lowest BCUT2D eigenvalue weighted by molar-refractivity contribution is -0.218. The lowest BCUT2D eigenvalue weighted by Crippen LogP contribution is -2.76. The molecule has 0 radical (unpaired) electrons. The molecule has 0 aliphatic carbocycles. The Bertz CT molecular complexity index is 1010. The van der Waals surface area contributed by atoms with E-state index in [4.69, 9.17) is 15.4 Å². The van der Waals surface area contributed by atoms with E-state index in [1.807, 2.05) is 0 Å². The quantitative estimate of drug-likeness (QED) is 0.0932. The second kappa shape index (κ2) is 7.74. The van der Waals surface area contributed by atoms with Gasteiger partial charge in [0.15, 0.2) is 10.8 Å². The van der Waals surface area contributed by atoms with Crippen LogP contribution in [0, 0.1) is 0 Å². The van der Waals surface area contributed by atoms with Crippen molar-refractivity contribution < 1.29 is 41.6 Å². The number of nitrogens with two attached hydrogens (primary N) is 1. The Kier molecular flexibility index (Phi) is 5.93. The fourth-order valence-corrected chi connectivity index (χ4v) is 3.16. The molecule has 1 aliphatic rings. The van der Waals surface area contributed by atoms with Crippen LogP contribution < -0.4 is 11.1 Å². The van der Waals surface area contributed by atoms with Gasteiger partial charge in [-0.2, -0.15) is 13.5 Å². The number of carboxylic acid groups (broad SMARTS) is 1. The monoisotopic (exact) mass is 449 g/mol. The number of nitrogens with zero attached hydrogens (tertiary/aromatic N) is 3. The smallest absolute Gasteiger partial charge is 0.418 e. The average Bonchev–Trinajstić information content (AvgIpc) is 3.02. The van der Waals surface area contributed by atoms with Crippen molar-refractivity contribution in [2.45, 2.75) is 25.4 Å². The molecule has 1 aromatic heterocycles. The number of nitrogen functional groups attached to an aromatic ring is 1. The largest absolute Gasteiger partial charge is 0.475 e. The minimum Gasteiger partial charge on any atom is -0.475 e. The van der Waals surface area contributed by atoms with Crippen molar-refractivity contribution in [3.05, 3.63) is 23.4 Å². The molecule has 16 heteroatoms. The number of oxime groups is 1. The van der Waals surface area contributed by atoms with Gasteiger partial charge in [-0.05, 0) is 20.4 Å². The SMILES string of the molecule is C=C(ON=C(C(=O)NC1C(=O)N(OS(=O)(=O)O)C1(C)C)c1csc(N)n1)C(=O)O. The van der Waals surface area contributed by atoms with Crippen LogP contribution in [0.2, 0.25) is 0 Å². The Morgan fingerprint density at radius 1 is 1.48 bits per heavy atom. The first-order chi connectivity index (χ1) is 13.2.